The molecule has 2 heteroatoms. The summed E-state index contributed by atoms with van der Waals surface area (Å²) in [5.74, 6) is -0.715. The molecule has 16 heavy (non-hydrogen) atoms. The van der Waals surface area contributed by atoms with Crippen LogP contribution >= 0.6 is 0 Å². The molecule has 0 radical (unpaired) electrons. The molecule has 0 bridgehead atoms. The molecule has 0 spiro atoms. The van der Waals surface area contributed by atoms with Crippen molar-refractivity contribution in [3.05, 3.63) is 24.3 Å². The van der Waals surface area contributed by atoms with Crippen LogP contribution in [-0.4, -0.2) is 11.1 Å². The standard InChI is InChI=1S/C14H24O2/c1-2-3-4-5-6-7-8-9-10-11-12-13-14(15)16/h3-4,10-11H,2,5-9,12-13H2,1H3,(H,15,16)/b4-3+,11-10+. The quantitative estimate of drug-likeness (QED) is 0.443. The number of hydrogen-bond donors (Lipinski definition) is 1. The van der Waals surface area contributed by atoms with Crippen molar-refractivity contribution in [2.24, 2.45) is 0 Å². The Hall–Kier alpha value is -1.05. The highest BCUT2D eigenvalue weighted by Crippen LogP contribution is 2.05. The van der Waals surface area contributed by atoms with Gasteiger partial charge >= 0.3 is 5.97 Å². The van der Waals surface area contributed by atoms with Gasteiger partial charge in [0.05, 0.1) is 0 Å². The summed E-state index contributed by atoms with van der Waals surface area (Å²) in [6, 6.07) is 0. The molecule has 0 aromatic heterocycles. The fraction of sp³-hybridized carbons (Fsp3) is 0.643. The third kappa shape index (κ3) is 12.9. The number of carboxylic acids is 1. The molecule has 0 atom stereocenters. The lowest BCUT2D eigenvalue weighted by Gasteiger charge is -1.95. The van der Waals surface area contributed by atoms with Gasteiger partial charge in [-0.15, -0.1) is 0 Å². The van der Waals surface area contributed by atoms with Crippen LogP contribution in [0.25, 0.3) is 0 Å². The van der Waals surface area contributed by atoms with E-state index in [0.717, 1.165) is 12.8 Å². The summed E-state index contributed by atoms with van der Waals surface area (Å²) in [6.45, 7) is 2.15. The van der Waals surface area contributed by atoms with Gasteiger partial charge in [0, 0.05) is 6.42 Å². The molecule has 0 aromatic rings. The van der Waals surface area contributed by atoms with Crippen molar-refractivity contribution in [3.63, 3.8) is 0 Å². The Morgan fingerprint density at radius 3 is 2.06 bits per heavy atom. The minimum atomic E-state index is -0.715. The van der Waals surface area contributed by atoms with Gasteiger partial charge in [0.2, 0.25) is 0 Å². The molecule has 0 fully saturated rings. The maximum Gasteiger partial charge on any atom is 0.303 e. The monoisotopic (exact) mass is 224 g/mol. The van der Waals surface area contributed by atoms with Gasteiger partial charge in [0.25, 0.3) is 0 Å². The van der Waals surface area contributed by atoms with E-state index in [-0.39, 0.29) is 6.42 Å². The van der Waals surface area contributed by atoms with E-state index in [1.165, 1.54) is 25.7 Å². The van der Waals surface area contributed by atoms with Crippen molar-refractivity contribution in [2.75, 3.05) is 0 Å². The van der Waals surface area contributed by atoms with E-state index in [1.54, 1.807) is 0 Å². The zero-order valence-corrected chi connectivity index (χ0v) is 10.3. The van der Waals surface area contributed by atoms with Gasteiger partial charge < -0.3 is 5.11 Å². The van der Waals surface area contributed by atoms with Crippen LogP contribution in [0.1, 0.15) is 58.3 Å². The van der Waals surface area contributed by atoms with Gasteiger partial charge in [-0.25, -0.2) is 0 Å². The Kier molecular flexibility index (Phi) is 11.2. The first-order valence-corrected chi connectivity index (χ1v) is 6.29. The van der Waals surface area contributed by atoms with Crippen LogP contribution < -0.4 is 0 Å². The van der Waals surface area contributed by atoms with Crippen molar-refractivity contribution in [3.8, 4) is 0 Å². The minimum absolute atomic E-state index is 0.248. The second kappa shape index (κ2) is 12.0. The van der Waals surface area contributed by atoms with Crippen molar-refractivity contribution in [1.82, 2.24) is 0 Å². The number of unbranched alkanes of at least 4 members (excludes halogenated alkanes) is 4. The third-order valence-corrected chi connectivity index (χ3v) is 2.34. The molecule has 0 unspecified atom stereocenters. The number of aliphatic carboxylic acids is 1. The largest absolute Gasteiger partial charge is 0.481 e. The number of carbonyl (C=O) groups is 1. The van der Waals surface area contributed by atoms with Crippen molar-refractivity contribution in [1.29, 1.82) is 0 Å². The fourth-order valence-corrected chi connectivity index (χ4v) is 1.43. The van der Waals surface area contributed by atoms with Gasteiger partial charge in [-0.05, 0) is 38.5 Å². The highest BCUT2D eigenvalue weighted by atomic mass is 16.4. The Labute approximate surface area is 99.1 Å². The Morgan fingerprint density at radius 1 is 0.938 bits per heavy atom. The van der Waals surface area contributed by atoms with E-state index in [4.69, 9.17) is 5.11 Å². The first kappa shape index (κ1) is 14.9. The summed E-state index contributed by atoms with van der Waals surface area (Å²) in [7, 11) is 0. The summed E-state index contributed by atoms with van der Waals surface area (Å²) >= 11 is 0. The van der Waals surface area contributed by atoms with Crippen LogP contribution in [0.2, 0.25) is 0 Å². The van der Waals surface area contributed by atoms with Gasteiger partial charge in [0.1, 0.15) is 0 Å². The molecule has 0 amide bonds. The van der Waals surface area contributed by atoms with Crippen LogP contribution in [0.15, 0.2) is 24.3 Å². The molecular weight excluding hydrogens is 200 g/mol. The molecule has 0 aliphatic rings. The van der Waals surface area contributed by atoms with Gasteiger partial charge in [-0.1, -0.05) is 37.6 Å². The second-order valence-electron chi connectivity index (χ2n) is 3.92. The molecule has 0 saturated heterocycles. The van der Waals surface area contributed by atoms with Gasteiger partial charge in [-0.2, -0.15) is 0 Å². The SMILES string of the molecule is CC/C=C/CCCCC/C=C/CCC(=O)O. The average molecular weight is 224 g/mol. The molecule has 0 aliphatic carbocycles. The fourth-order valence-electron chi connectivity index (χ4n) is 1.43. The molecule has 92 valence electrons. The lowest BCUT2D eigenvalue weighted by molar-refractivity contribution is -0.136. The van der Waals surface area contributed by atoms with Crippen molar-refractivity contribution >= 4 is 5.97 Å². The molecule has 0 rings (SSSR count). The van der Waals surface area contributed by atoms with Crippen molar-refractivity contribution < 1.29 is 9.90 Å². The second-order valence-corrected chi connectivity index (χ2v) is 3.92. The Balaban J connectivity index is 3.14. The topological polar surface area (TPSA) is 37.3 Å². The van der Waals surface area contributed by atoms with Gasteiger partial charge in [-0.3, -0.25) is 4.79 Å². The average Bonchev–Trinajstić information content (AvgIpc) is 2.25. The molecule has 1 N–H and O–H groups in total. The lowest BCUT2D eigenvalue weighted by atomic mass is 10.1. The predicted molar refractivity (Wildman–Crippen MR) is 68.5 cm³/mol. The Bertz CT molecular complexity index is 217. The zero-order chi connectivity index (χ0) is 12.1. The molecule has 0 heterocycles. The summed E-state index contributed by atoms with van der Waals surface area (Å²) in [5, 5.41) is 8.42. The van der Waals surface area contributed by atoms with E-state index in [9.17, 15) is 4.79 Å². The third-order valence-electron chi connectivity index (χ3n) is 2.34. The normalized spacial score (nSPS) is 11.6. The van der Waals surface area contributed by atoms with Crippen LogP contribution in [0, 0.1) is 0 Å². The smallest absolute Gasteiger partial charge is 0.303 e. The molecule has 0 aromatic carbocycles. The predicted octanol–water partition coefficient (Wildman–Crippen LogP) is 4.32. The first-order chi connectivity index (χ1) is 7.77. The molecule has 2 nitrogen and oxygen atoms in total. The number of allylic oxidation sites excluding steroid dienone is 4. The van der Waals surface area contributed by atoms with E-state index < -0.39 is 5.97 Å². The van der Waals surface area contributed by atoms with Crippen molar-refractivity contribution in [2.45, 2.75) is 58.3 Å². The summed E-state index contributed by atoms with van der Waals surface area (Å²) in [5.41, 5.74) is 0. The molecule has 0 aliphatic heterocycles. The van der Waals surface area contributed by atoms with Crippen LogP contribution in [-0.2, 0) is 4.79 Å². The first-order valence-electron chi connectivity index (χ1n) is 6.29. The number of hydrogen-bond acceptors (Lipinski definition) is 1. The van der Waals surface area contributed by atoms with Gasteiger partial charge in [0.15, 0.2) is 0 Å². The van der Waals surface area contributed by atoms with E-state index >= 15 is 0 Å². The lowest BCUT2D eigenvalue weighted by Crippen LogP contribution is -1.91. The minimum Gasteiger partial charge on any atom is -0.481 e. The van der Waals surface area contributed by atoms with E-state index in [0.29, 0.717) is 6.42 Å². The maximum absolute atomic E-state index is 10.2. The molecule has 0 saturated carbocycles. The van der Waals surface area contributed by atoms with Crippen LogP contribution in [0.3, 0.4) is 0 Å². The maximum atomic E-state index is 10.2. The number of rotatable bonds is 10. The summed E-state index contributed by atoms with van der Waals surface area (Å²) in [4.78, 5) is 10.2. The summed E-state index contributed by atoms with van der Waals surface area (Å²) < 4.78 is 0. The molecular formula is C14H24O2. The summed E-state index contributed by atoms with van der Waals surface area (Å²) in [6.07, 6.45) is 16.6. The highest BCUT2D eigenvalue weighted by Gasteiger charge is 1.91. The van der Waals surface area contributed by atoms with E-state index in [2.05, 4.69) is 25.2 Å². The zero-order valence-electron chi connectivity index (χ0n) is 10.3. The van der Waals surface area contributed by atoms with Crippen LogP contribution in [0.4, 0.5) is 0 Å². The Morgan fingerprint density at radius 2 is 1.50 bits per heavy atom. The van der Waals surface area contributed by atoms with Crippen LogP contribution in [0.5, 0.6) is 0 Å². The highest BCUT2D eigenvalue weighted by molar-refractivity contribution is 5.66. The number of carboxylic acid groups (broad SMARTS) is 1. The van der Waals surface area contributed by atoms with E-state index in [1.807, 2.05) is 6.08 Å².